The van der Waals surface area contributed by atoms with E-state index in [4.69, 9.17) is 9.47 Å². The summed E-state index contributed by atoms with van der Waals surface area (Å²) in [5, 5.41) is 2.95. The average Bonchev–Trinajstić information content (AvgIpc) is 2.70. The number of nitrogens with zero attached hydrogens (tertiary/aromatic N) is 1. The third kappa shape index (κ3) is 4.63. The number of rotatable bonds is 7. The van der Waals surface area contributed by atoms with Gasteiger partial charge in [0, 0.05) is 19.3 Å². The summed E-state index contributed by atoms with van der Waals surface area (Å²) in [5.74, 6) is 0.101. The van der Waals surface area contributed by atoms with E-state index in [1.165, 1.54) is 12.1 Å². The zero-order valence-corrected chi connectivity index (χ0v) is 15.5. The fourth-order valence-corrected chi connectivity index (χ4v) is 3.25. The fourth-order valence-electron chi connectivity index (χ4n) is 3.25. The van der Waals surface area contributed by atoms with Gasteiger partial charge in [-0.3, -0.25) is 4.79 Å². The van der Waals surface area contributed by atoms with E-state index in [2.05, 4.69) is 17.2 Å². The Kier molecular flexibility index (Phi) is 6.40. The first-order chi connectivity index (χ1) is 13.1. The van der Waals surface area contributed by atoms with Crippen molar-refractivity contribution in [2.75, 3.05) is 25.1 Å². The second kappa shape index (κ2) is 8.95. The molecule has 1 amide bonds. The van der Waals surface area contributed by atoms with Crippen molar-refractivity contribution >= 4 is 11.6 Å². The number of aromatic nitrogens is 1. The molecule has 0 unspecified atom stereocenters. The SMILES string of the molecule is CCCCOc1ccc(NC(=O)C2(c3ccc(F)cc3)CCOCC2)cn1. The van der Waals surface area contributed by atoms with E-state index in [1.807, 2.05) is 0 Å². The number of carbonyl (C=O) groups is 1. The molecule has 1 aliphatic rings. The summed E-state index contributed by atoms with van der Waals surface area (Å²) >= 11 is 0. The van der Waals surface area contributed by atoms with Gasteiger partial charge in [0.25, 0.3) is 0 Å². The van der Waals surface area contributed by atoms with Gasteiger partial charge in [-0.05, 0) is 43.0 Å². The largest absolute Gasteiger partial charge is 0.478 e. The Morgan fingerprint density at radius 2 is 1.96 bits per heavy atom. The number of hydrogen-bond acceptors (Lipinski definition) is 4. The van der Waals surface area contributed by atoms with E-state index in [0.29, 0.717) is 44.2 Å². The molecule has 5 nitrogen and oxygen atoms in total. The van der Waals surface area contributed by atoms with E-state index in [-0.39, 0.29) is 11.7 Å². The van der Waals surface area contributed by atoms with Crippen molar-refractivity contribution in [1.82, 2.24) is 4.98 Å². The zero-order valence-electron chi connectivity index (χ0n) is 15.5. The molecular weight excluding hydrogens is 347 g/mol. The van der Waals surface area contributed by atoms with Crippen LogP contribution in [0, 0.1) is 5.82 Å². The second-order valence-electron chi connectivity index (χ2n) is 6.74. The van der Waals surface area contributed by atoms with Gasteiger partial charge in [-0.1, -0.05) is 25.5 Å². The average molecular weight is 372 g/mol. The highest BCUT2D eigenvalue weighted by Crippen LogP contribution is 2.36. The second-order valence-corrected chi connectivity index (χ2v) is 6.74. The summed E-state index contributed by atoms with van der Waals surface area (Å²) in [6, 6.07) is 9.68. The summed E-state index contributed by atoms with van der Waals surface area (Å²) in [6.45, 7) is 3.71. The molecular formula is C21H25FN2O3. The fraction of sp³-hybridized carbons (Fsp3) is 0.429. The van der Waals surface area contributed by atoms with Crippen molar-refractivity contribution in [2.24, 2.45) is 0 Å². The van der Waals surface area contributed by atoms with Gasteiger partial charge in [0.05, 0.1) is 23.9 Å². The number of halogens is 1. The Bertz CT molecular complexity index is 741. The highest BCUT2D eigenvalue weighted by atomic mass is 19.1. The van der Waals surface area contributed by atoms with Gasteiger partial charge in [0.2, 0.25) is 11.8 Å². The predicted molar refractivity (Wildman–Crippen MR) is 101 cm³/mol. The number of pyridine rings is 1. The molecule has 0 saturated carbocycles. The summed E-state index contributed by atoms with van der Waals surface area (Å²) in [6.07, 6.45) is 4.73. The number of benzene rings is 1. The Labute approximate surface area is 158 Å². The molecule has 6 heteroatoms. The minimum Gasteiger partial charge on any atom is -0.478 e. The van der Waals surface area contributed by atoms with Gasteiger partial charge in [0.1, 0.15) is 5.82 Å². The Hall–Kier alpha value is -2.47. The van der Waals surface area contributed by atoms with Crippen LogP contribution in [0.5, 0.6) is 5.88 Å². The maximum atomic E-state index is 13.3. The van der Waals surface area contributed by atoms with Crippen LogP contribution < -0.4 is 10.1 Å². The predicted octanol–water partition coefficient (Wildman–Crippen LogP) is 4.09. The highest BCUT2D eigenvalue weighted by molar-refractivity contribution is 5.99. The van der Waals surface area contributed by atoms with Crippen molar-refractivity contribution in [1.29, 1.82) is 0 Å². The van der Waals surface area contributed by atoms with E-state index < -0.39 is 5.41 Å². The molecule has 1 fully saturated rings. The third-order valence-corrected chi connectivity index (χ3v) is 4.92. The molecule has 0 spiro atoms. The summed E-state index contributed by atoms with van der Waals surface area (Å²) in [7, 11) is 0. The zero-order chi connectivity index (χ0) is 19.1. The van der Waals surface area contributed by atoms with Crippen LogP contribution in [0.4, 0.5) is 10.1 Å². The van der Waals surface area contributed by atoms with Crippen LogP contribution in [0.15, 0.2) is 42.6 Å². The van der Waals surface area contributed by atoms with Gasteiger partial charge >= 0.3 is 0 Å². The highest BCUT2D eigenvalue weighted by Gasteiger charge is 2.41. The summed E-state index contributed by atoms with van der Waals surface area (Å²) in [5.41, 5.74) is 0.676. The lowest BCUT2D eigenvalue weighted by Gasteiger charge is -2.36. The molecule has 1 aromatic carbocycles. The van der Waals surface area contributed by atoms with Gasteiger partial charge in [-0.25, -0.2) is 9.37 Å². The lowest BCUT2D eigenvalue weighted by atomic mass is 9.73. The number of anilines is 1. The number of nitrogens with one attached hydrogen (secondary N) is 1. The van der Waals surface area contributed by atoms with Crippen LogP contribution in [-0.2, 0) is 14.9 Å². The number of amides is 1. The van der Waals surface area contributed by atoms with Crippen LogP contribution in [-0.4, -0.2) is 30.7 Å². The first kappa shape index (κ1) is 19.3. The molecule has 144 valence electrons. The van der Waals surface area contributed by atoms with Crippen molar-refractivity contribution < 1.29 is 18.7 Å². The molecule has 0 bridgehead atoms. The minimum atomic E-state index is -0.734. The van der Waals surface area contributed by atoms with Crippen LogP contribution in [0.1, 0.15) is 38.2 Å². The number of carbonyl (C=O) groups excluding carboxylic acids is 1. The first-order valence-corrected chi connectivity index (χ1v) is 9.38. The van der Waals surface area contributed by atoms with Crippen LogP contribution in [0.2, 0.25) is 0 Å². The number of ether oxygens (including phenoxy) is 2. The van der Waals surface area contributed by atoms with Gasteiger partial charge in [0.15, 0.2) is 0 Å². The molecule has 0 aliphatic carbocycles. The van der Waals surface area contributed by atoms with Gasteiger partial charge < -0.3 is 14.8 Å². The lowest BCUT2D eigenvalue weighted by molar-refractivity contribution is -0.125. The van der Waals surface area contributed by atoms with E-state index in [0.717, 1.165) is 18.4 Å². The topological polar surface area (TPSA) is 60.5 Å². The van der Waals surface area contributed by atoms with Crippen LogP contribution in [0.25, 0.3) is 0 Å². The molecule has 0 radical (unpaired) electrons. The van der Waals surface area contributed by atoms with Crippen molar-refractivity contribution in [2.45, 2.75) is 38.0 Å². The Morgan fingerprint density at radius 3 is 2.59 bits per heavy atom. The van der Waals surface area contributed by atoms with E-state index in [9.17, 15) is 9.18 Å². The summed E-state index contributed by atoms with van der Waals surface area (Å²) in [4.78, 5) is 17.4. The Morgan fingerprint density at radius 1 is 1.22 bits per heavy atom. The van der Waals surface area contributed by atoms with Crippen molar-refractivity contribution in [3.63, 3.8) is 0 Å². The Balaban J connectivity index is 1.74. The molecule has 1 N–H and O–H groups in total. The van der Waals surface area contributed by atoms with E-state index in [1.54, 1.807) is 30.5 Å². The molecule has 1 saturated heterocycles. The number of hydrogen-bond donors (Lipinski definition) is 1. The molecule has 2 heterocycles. The van der Waals surface area contributed by atoms with Crippen molar-refractivity contribution in [3.05, 3.63) is 54.0 Å². The number of unbranched alkanes of at least 4 members (excludes halogenated alkanes) is 1. The monoisotopic (exact) mass is 372 g/mol. The summed E-state index contributed by atoms with van der Waals surface area (Å²) < 4.78 is 24.3. The quantitative estimate of drug-likeness (QED) is 0.744. The van der Waals surface area contributed by atoms with Gasteiger partial charge in [-0.15, -0.1) is 0 Å². The third-order valence-electron chi connectivity index (χ3n) is 4.92. The molecule has 1 aromatic heterocycles. The van der Waals surface area contributed by atoms with Gasteiger partial charge in [-0.2, -0.15) is 0 Å². The molecule has 3 rings (SSSR count). The van der Waals surface area contributed by atoms with Crippen LogP contribution in [0.3, 0.4) is 0 Å². The molecule has 2 aromatic rings. The maximum Gasteiger partial charge on any atom is 0.235 e. The minimum absolute atomic E-state index is 0.126. The maximum absolute atomic E-state index is 13.3. The van der Waals surface area contributed by atoms with Crippen LogP contribution >= 0.6 is 0 Å². The van der Waals surface area contributed by atoms with E-state index >= 15 is 0 Å². The first-order valence-electron chi connectivity index (χ1n) is 9.38. The van der Waals surface area contributed by atoms with Crippen molar-refractivity contribution in [3.8, 4) is 5.88 Å². The normalized spacial score (nSPS) is 15.9. The molecule has 27 heavy (non-hydrogen) atoms. The smallest absolute Gasteiger partial charge is 0.235 e. The molecule has 0 atom stereocenters. The standard InChI is InChI=1S/C21H25FN2O3/c1-2-3-12-27-19-9-8-18(15-23-19)24-20(25)21(10-13-26-14-11-21)16-4-6-17(22)7-5-16/h4-9,15H,2-3,10-14H2,1H3,(H,24,25). The molecule has 1 aliphatic heterocycles. The lowest BCUT2D eigenvalue weighted by Crippen LogP contribution is -2.44.